The lowest BCUT2D eigenvalue weighted by atomic mass is 9.90. The van der Waals surface area contributed by atoms with Crippen molar-refractivity contribution in [1.29, 1.82) is 10.8 Å². The molecule has 1 atom stereocenters. The van der Waals surface area contributed by atoms with Crippen molar-refractivity contribution in [2.45, 2.75) is 20.3 Å². The molecule has 0 aliphatic carbocycles. The van der Waals surface area contributed by atoms with E-state index >= 15 is 0 Å². The molecule has 0 amide bonds. The molecule has 2 heterocycles. The Morgan fingerprint density at radius 2 is 1.11 bits per heavy atom. The van der Waals surface area contributed by atoms with Crippen LogP contribution in [0.5, 0.6) is 0 Å². The van der Waals surface area contributed by atoms with Gasteiger partial charge in [-0.05, 0) is 89.2 Å². The summed E-state index contributed by atoms with van der Waals surface area (Å²) in [4.78, 5) is 0. The molecule has 7 aromatic rings. The zero-order valence-electron chi connectivity index (χ0n) is 25.2. The van der Waals surface area contributed by atoms with Gasteiger partial charge in [0.2, 0.25) is 0 Å². The number of fused-ring (bicyclic) bond motifs is 6. The van der Waals surface area contributed by atoms with Gasteiger partial charge >= 0.3 is 0 Å². The van der Waals surface area contributed by atoms with E-state index in [9.17, 15) is 0 Å². The first kappa shape index (κ1) is 28.1. The highest BCUT2D eigenvalue weighted by atomic mass is 16.3. The van der Waals surface area contributed by atoms with Crippen LogP contribution >= 0.6 is 0 Å². The predicted molar refractivity (Wildman–Crippen MR) is 187 cm³/mol. The molecule has 0 radical (unpaired) electrons. The fourth-order valence-electron chi connectivity index (χ4n) is 5.93. The molecule has 0 aliphatic rings. The number of rotatable bonds is 8. The summed E-state index contributed by atoms with van der Waals surface area (Å²) in [6.07, 6.45) is 4.69. The third-order valence-electron chi connectivity index (χ3n) is 8.64. The maximum absolute atomic E-state index is 9.04. The van der Waals surface area contributed by atoms with E-state index in [-0.39, 0.29) is 0 Å². The molecule has 2 aromatic heterocycles. The molecular formula is C40H33N3O2. The summed E-state index contributed by atoms with van der Waals surface area (Å²) in [5, 5.41) is 21.3. The Hall–Kier alpha value is -5.68. The lowest BCUT2D eigenvalue weighted by molar-refractivity contribution is 0.656. The van der Waals surface area contributed by atoms with Gasteiger partial charge in [0.15, 0.2) is 0 Å². The van der Waals surface area contributed by atoms with E-state index in [4.69, 9.17) is 25.4 Å². The second-order valence-electron chi connectivity index (χ2n) is 11.5. The Morgan fingerprint density at radius 3 is 1.71 bits per heavy atom. The normalized spacial score (nSPS) is 13.2. The SMILES string of the molecule is CCC(C)/C(=C\C(=N)c1ccc2oc3cc4oc5ccc(/C(N)=C/C(=N)c6ccccc6)cc5c4cc3c2c1)c1ccccc1. The monoisotopic (exact) mass is 587 g/mol. The maximum Gasteiger partial charge on any atom is 0.139 e. The maximum atomic E-state index is 9.04. The van der Waals surface area contributed by atoms with Gasteiger partial charge in [-0.25, -0.2) is 0 Å². The Balaban J connectivity index is 1.30. The fraction of sp³-hybridized carbons (Fsp3) is 0.100. The number of nitrogens with one attached hydrogen (secondary N) is 2. The van der Waals surface area contributed by atoms with Crippen molar-refractivity contribution in [3.63, 3.8) is 0 Å². The predicted octanol–water partition coefficient (Wildman–Crippen LogP) is 10.4. The van der Waals surface area contributed by atoms with Crippen LogP contribution in [0.4, 0.5) is 0 Å². The zero-order valence-corrected chi connectivity index (χ0v) is 25.2. The number of hydrogen-bond acceptors (Lipinski definition) is 5. The van der Waals surface area contributed by atoms with Gasteiger partial charge in [-0.2, -0.15) is 0 Å². The number of allylic oxidation sites excluding steroid dienone is 3. The molecule has 7 rings (SSSR count). The first-order valence-corrected chi connectivity index (χ1v) is 15.2. The summed E-state index contributed by atoms with van der Waals surface area (Å²) in [6.45, 7) is 4.39. The fourth-order valence-corrected chi connectivity index (χ4v) is 5.93. The van der Waals surface area contributed by atoms with Gasteiger partial charge in [-0.3, -0.25) is 0 Å². The minimum absolute atomic E-state index is 0.326. The van der Waals surface area contributed by atoms with Crippen molar-refractivity contribution in [1.82, 2.24) is 0 Å². The van der Waals surface area contributed by atoms with Crippen LogP contribution in [0, 0.1) is 16.7 Å². The van der Waals surface area contributed by atoms with Crippen LogP contribution in [0.25, 0.3) is 55.1 Å². The molecular weight excluding hydrogens is 554 g/mol. The summed E-state index contributed by atoms with van der Waals surface area (Å²) >= 11 is 0. The van der Waals surface area contributed by atoms with Crippen LogP contribution in [0.15, 0.2) is 130 Å². The minimum atomic E-state index is 0.326. The molecule has 220 valence electrons. The van der Waals surface area contributed by atoms with E-state index in [1.807, 2.05) is 91.0 Å². The smallest absolute Gasteiger partial charge is 0.139 e. The van der Waals surface area contributed by atoms with Crippen molar-refractivity contribution in [2.75, 3.05) is 0 Å². The van der Waals surface area contributed by atoms with Crippen molar-refractivity contribution >= 4 is 66.6 Å². The van der Waals surface area contributed by atoms with Crippen LogP contribution in [0.3, 0.4) is 0 Å². The molecule has 5 nitrogen and oxygen atoms in total. The van der Waals surface area contributed by atoms with Gasteiger partial charge in [-0.1, -0.05) is 74.5 Å². The zero-order chi connectivity index (χ0) is 31.1. The van der Waals surface area contributed by atoms with Crippen molar-refractivity contribution in [3.05, 3.63) is 144 Å². The second kappa shape index (κ2) is 11.4. The summed E-state index contributed by atoms with van der Waals surface area (Å²) in [7, 11) is 0. The first-order valence-electron chi connectivity index (χ1n) is 15.2. The standard InChI is InChI=1S/C40H33N3O2/c1-3-24(2)29(25-10-6-4-7-11-25)21-34(41)27-14-16-37-30(18-27)32-20-33-31-19-28(15-17-38(31)45-40(33)23-39(32)44-37)36(43)22-35(42)26-12-8-5-9-13-26/h4-24,41-42H,3,43H2,1-2H3/b29-21+,36-22-,41-34?,42-35?. The van der Waals surface area contributed by atoms with Crippen LogP contribution < -0.4 is 5.73 Å². The summed E-state index contributed by atoms with van der Waals surface area (Å²) in [5.74, 6) is 0.326. The van der Waals surface area contributed by atoms with E-state index in [2.05, 4.69) is 38.1 Å². The van der Waals surface area contributed by atoms with Gasteiger partial charge in [0, 0.05) is 38.9 Å². The third-order valence-corrected chi connectivity index (χ3v) is 8.64. The average molecular weight is 588 g/mol. The molecule has 5 aromatic carbocycles. The quantitative estimate of drug-likeness (QED) is 0.154. The summed E-state index contributed by atoms with van der Waals surface area (Å²) in [6, 6.07) is 35.7. The Labute approximate surface area is 261 Å². The number of nitrogens with two attached hydrogens (primary N) is 1. The van der Waals surface area contributed by atoms with E-state index in [1.165, 1.54) is 0 Å². The highest BCUT2D eigenvalue weighted by molar-refractivity contribution is 6.18. The van der Waals surface area contributed by atoms with E-state index < -0.39 is 0 Å². The number of hydrogen-bond donors (Lipinski definition) is 3. The molecule has 45 heavy (non-hydrogen) atoms. The molecule has 1 unspecified atom stereocenters. The van der Waals surface area contributed by atoms with Crippen molar-refractivity contribution < 1.29 is 8.83 Å². The molecule has 0 aliphatic heterocycles. The highest BCUT2D eigenvalue weighted by Crippen LogP contribution is 2.38. The third kappa shape index (κ3) is 5.23. The van der Waals surface area contributed by atoms with Crippen molar-refractivity contribution in [2.24, 2.45) is 11.7 Å². The van der Waals surface area contributed by atoms with Crippen LogP contribution in [-0.2, 0) is 0 Å². The molecule has 0 bridgehead atoms. The Morgan fingerprint density at radius 1 is 0.600 bits per heavy atom. The minimum Gasteiger partial charge on any atom is -0.456 e. The lowest BCUT2D eigenvalue weighted by Crippen LogP contribution is -2.02. The molecule has 4 N–H and O–H groups in total. The van der Waals surface area contributed by atoms with Crippen molar-refractivity contribution in [3.8, 4) is 0 Å². The summed E-state index contributed by atoms with van der Waals surface area (Å²) in [5.41, 5.74) is 15.6. The van der Waals surface area contributed by atoms with E-state index in [1.54, 1.807) is 6.08 Å². The molecule has 0 fully saturated rings. The molecule has 0 saturated heterocycles. The number of furan rings is 2. The van der Waals surface area contributed by atoms with Crippen LogP contribution in [-0.4, -0.2) is 11.4 Å². The van der Waals surface area contributed by atoms with Gasteiger partial charge in [0.05, 0.1) is 11.4 Å². The number of benzene rings is 5. The van der Waals surface area contributed by atoms with Gasteiger partial charge < -0.3 is 25.4 Å². The van der Waals surface area contributed by atoms with Gasteiger partial charge in [0.25, 0.3) is 0 Å². The average Bonchev–Trinajstić information content (AvgIpc) is 3.62. The van der Waals surface area contributed by atoms with Crippen LogP contribution in [0.1, 0.15) is 42.5 Å². The Bertz CT molecular complexity index is 2300. The van der Waals surface area contributed by atoms with Gasteiger partial charge in [-0.15, -0.1) is 0 Å². The first-order chi connectivity index (χ1) is 21.9. The molecule has 0 spiro atoms. The summed E-state index contributed by atoms with van der Waals surface area (Å²) < 4.78 is 12.5. The largest absolute Gasteiger partial charge is 0.456 e. The molecule has 0 saturated carbocycles. The lowest BCUT2D eigenvalue weighted by Gasteiger charge is -2.15. The van der Waals surface area contributed by atoms with Gasteiger partial charge in [0.1, 0.15) is 22.3 Å². The van der Waals surface area contributed by atoms with E-state index in [0.717, 1.165) is 78.1 Å². The molecule has 5 heteroatoms. The second-order valence-corrected chi connectivity index (χ2v) is 11.5. The highest BCUT2D eigenvalue weighted by Gasteiger charge is 2.16. The Kier molecular flexibility index (Phi) is 7.14. The topological polar surface area (TPSA) is 100 Å². The van der Waals surface area contributed by atoms with E-state index in [0.29, 0.717) is 23.0 Å². The van der Waals surface area contributed by atoms with Crippen LogP contribution in [0.2, 0.25) is 0 Å².